The Labute approximate surface area is 115 Å². The zero-order chi connectivity index (χ0) is 13.7. The molecular formula is C16H21N3. The van der Waals surface area contributed by atoms with Crippen molar-refractivity contribution in [1.29, 1.82) is 0 Å². The molecule has 1 aromatic heterocycles. The molecule has 0 saturated carbocycles. The van der Waals surface area contributed by atoms with Crippen LogP contribution in [0.2, 0.25) is 0 Å². The van der Waals surface area contributed by atoms with Crippen molar-refractivity contribution in [1.82, 2.24) is 4.98 Å². The Bertz CT molecular complexity index is 520. The minimum absolute atomic E-state index is 0.489. The molecule has 0 atom stereocenters. The van der Waals surface area contributed by atoms with Crippen molar-refractivity contribution in [3.63, 3.8) is 0 Å². The maximum absolute atomic E-state index is 5.62. The number of anilines is 1. The Hall–Kier alpha value is -1.87. The highest BCUT2D eigenvalue weighted by Gasteiger charge is 2.03. The summed E-state index contributed by atoms with van der Waals surface area (Å²) in [5.74, 6) is 0. The van der Waals surface area contributed by atoms with Gasteiger partial charge in [0.1, 0.15) is 0 Å². The van der Waals surface area contributed by atoms with Gasteiger partial charge in [0.05, 0.1) is 17.9 Å². The molecule has 2 rings (SSSR count). The predicted octanol–water partition coefficient (Wildman–Crippen LogP) is 2.74. The molecule has 2 aromatic rings. The minimum Gasteiger partial charge on any atom is -0.369 e. The standard InChI is InChI=1S/C16H21N3/c1-3-13-7-9-16(10-8-13)19(2)12-15-6-4-5-14(11-17)18-15/h4-10H,3,11-12,17H2,1-2H3. The second-order valence-electron chi connectivity index (χ2n) is 4.70. The van der Waals surface area contributed by atoms with Crippen LogP contribution in [0.3, 0.4) is 0 Å². The monoisotopic (exact) mass is 255 g/mol. The molecule has 19 heavy (non-hydrogen) atoms. The average Bonchev–Trinajstić information content (AvgIpc) is 2.47. The van der Waals surface area contributed by atoms with Crippen molar-refractivity contribution >= 4 is 5.69 Å². The molecule has 0 aliphatic rings. The number of benzene rings is 1. The number of hydrogen-bond donors (Lipinski definition) is 1. The quantitative estimate of drug-likeness (QED) is 0.893. The molecule has 0 spiro atoms. The molecule has 0 saturated heterocycles. The molecule has 3 heteroatoms. The summed E-state index contributed by atoms with van der Waals surface area (Å²) in [7, 11) is 2.08. The number of nitrogens with two attached hydrogens (primary N) is 1. The van der Waals surface area contributed by atoms with Crippen LogP contribution >= 0.6 is 0 Å². The van der Waals surface area contributed by atoms with Crippen molar-refractivity contribution in [2.75, 3.05) is 11.9 Å². The highest BCUT2D eigenvalue weighted by molar-refractivity contribution is 5.47. The van der Waals surface area contributed by atoms with Crippen LogP contribution in [0.5, 0.6) is 0 Å². The van der Waals surface area contributed by atoms with Gasteiger partial charge >= 0.3 is 0 Å². The normalized spacial score (nSPS) is 10.5. The third kappa shape index (κ3) is 3.55. The molecule has 1 aromatic carbocycles. The Morgan fingerprint density at radius 1 is 1.05 bits per heavy atom. The van der Waals surface area contributed by atoms with Gasteiger partial charge in [-0.3, -0.25) is 4.98 Å². The third-order valence-corrected chi connectivity index (χ3v) is 3.26. The minimum atomic E-state index is 0.489. The zero-order valence-electron chi connectivity index (χ0n) is 11.6. The molecule has 0 aliphatic heterocycles. The summed E-state index contributed by atoms with van der Waals surface area (Å²) in [6, 6.07) is 14.7. The van der Waals surface area contributed by atoms with Crippen LogP contribution in [-0.2, 0) is 19.5 Å². The fourth-order valence-electron chi connectivity index (χ4n) is 2.05. The Morgan fingerprint density at radius 3 is 2.37 bits per heavy atom. The van der Waals surface area contributed by atoms with Crippen molar-refractivity contribution in [2.45, 2.75) is 26.4 Å². The summed E-state index contributed by atoms with van der Waals surface area (Å²) in [4.78, 5) is 6.72. The lowest BCUT2D eigenvalue weighted by Crippen LogP contribution is -2.17. The van der Waals surface area contributed by atoms with E-state index in [1.807, 2.05) is 18.2 Å². The van der Waals surface area contributed by atoms with E-state index in [-0.39, 0.29) is 0 Å². The first-order chi connectivity index (χ1) is 9.22. The summed E-state index contributed by atoms with van der Waals surface area (Å²) in [6.07, 6.45) is 1.07. The number of rotatable bonds is 5. The number of pyridine rings is 1. The highest BCUT2D eigenvalue weighted by atomic mass is 15.1. The maximum Gasteiger partial charge on any atom is 0.0600 e. The second kappa shape index (κ2) is 6.34. The van der Waals surface area contributed by atoms with E-state index in [1.165, 1.54) is 11.3 Å². The fraction of sp³-hybridized carbons (Fsp3) is 0.312. The number of aryl methyl sites for hydroxylation is 1. The van der Waals surface area contributed by atoms with E-state index < -0.39 is 0 Å². The van der Waals surface area contributed by atoms with Gasteiger partial charge in [0.15, 0.2) is 0 Å². The van der Waals surface area contributed by atoms with Crippen molar-refractivity contribution in [2.24, 2.45) is 5.73 Å². The Kier molecular flexibility index (Phi) is 4.53. The van der Waals surface area contributed by atoms with Gasteiger partial charge in [-0.05, 0) is 36.2 Å². The molecular weight excluding hydrogens is 234 g/mol. The first-order valence-corrected chi connectivity index (χ1v) is 6.68. The lowest BCUT2D eigenvalue weighted by atomic mass is 10.1. The number of nitrogens with zero attached hydrogens (tertiary/aromatic N) is 2. The van der Waals surface area contributed by atoms with Crippen LogP contribution in [-0.4, -0.2) is 12.0 Å². The van der Waals surface area contributed by atoms with Crippen LogP contribution in [0.4, 0.5) is 5.69 Å². The van der Waals surface area contributed by atoms with Crippen LogP contribution in [0.15, 0.2) is 42.5 Å². The van der Waals surface area contributed by atoms with Crippen LogP contribution < -0.4 is 10.6 Å². The van der Waals surface area contributed by atoms with E-state index in [1.54, 1.807) is 0 Å². The van der Waals surface area contributed by atoms with Crippen molar-refractivity contribution < 1.29 is 0 Å². The van der Waals surface area contributed by atoms with Gasteiger partial charge in [-0.25, -0.2) is 0 Å². The third-order valence-electron chi connectivity index (χ3n) is 3.26. The molecule has 0 bridgehead atoms. The van der Waals surface area contributed by atoms with Crippen LogP contribution in [0, 0.1) is 0 Å². The fourth-order valence-corrected chi connectivity index (χ4v) is 2.05. The van der Waals surface area contributed by atoms with E-state index in [9.17, 15) is 0 Å². The number of aromatic nitrogens is 1. The van der Waals surface area contributed by atoms with E-state index >= 15 is 0 Å². The summed E-state index contributed by atoms with van der Waals surface area (Å²) in [5.41, 5.74) is 10.2. The van der Waals surface area contributed by atoms with Gasteiger partial charge in [-0.2, -0.15) is 0 Å². The largest absolute Gasteiger partial charge is 0.369 e. The summed E-state index contributed by atoms with van der Waals surface area (Å²) in [6.45, 7) is 3.45. The summed E-state index contributed by atoms with van der Waals surface area (Å²) in [5, 5.41) is 0. The first kappa shape index (κ1) is 13.6. The molecule has 0 fully saturated rings. The Morgan fingerprint density at radius 2 is 1.74 bits per heavy atom. The zero-order valence-corrected chi connectivity index (χ0v) is 11.6. The van der Waals surface area contributed by atoms with Crippen molar-refractivity contribution in [3.05, 3.63) is 59.4 Å². The maximum atomic E-state index is 5.62. The molecule has 100 valence electrons. The lowest BCUT2D eigenvalue weighted by Gasteiger charge is -2.19. The average molecular weight is 255 g/mol. The lowest BCUT2D eigenvalue weighted by molar-refractivity contribution is 0.858. The van der Waals surface area contributed by atoms with Gasteiger partial charge in [0.25, 0.3) is 0 Å². The Balaban J connectivity index is 2.08. The summed E-state index contributed by atoms with van der Waals surface area (Å²) >= 11 is 0. The first-order valence-electron chi connectivity index (χ1n) is 6.68. The molecule has 1 heterocycles. The smallest absolute Gasteiger partial charge is 0.0600 e. The molecule has 2 N–H and O–H groups in total. The molecule has 0 radical (unpaired) electrons. The van der Waals surface area contributed by atoms with E-state index in [0.29, 0.717) is 6.54 Å². The molecule has 0 amide bonds. The second-order valence-corrected chi connectivity index (χ2v) is 4.70. The number of hydrogen-bond acceptors (Lipinski definition) is 3. The van der Waals surface area contributed by atoms with Crippen molar-refractivity contribution in [3.8, 4) is 0 Å². The van der Waals surface area contributed by atoms with Gasteiger partial charge in [-0.1, -0.05) is 25.1 Å². The van der Waals surface area contributed by atoms with Crippen LogP contribution in [0.1, 0.15) is 23.9 Å². The van der Waals surface area contributed by atoms with Gasteiger partial charge in [-0.15, -0.1) is 0 Å². The molecule has 0 aliphatic carbocycles. The van der Waals surface area contributed by atoms with E-state index in [2.05, 4.69) is 48.1 Å². The van der Waals surface area contributed by atoms with E-state index in [4.69, 9.17) is 5.73 Å². The highest BCUT2D eigenvalue weighted by Crippen LogP contribution is 2.16. The van der Waals surface area contributed by atoms with Gasteiger partial charge < -0.3 is 10.6 Å². The van der Waals surface area contributed by atoms with Crippen LogP contribution in [0.25, 0.3) is 0 Å². The topological polar surface area (TPSA) is 42.1 Å². The van der Waals surface area contributed by atoms with Gasteiger partial charge in [0, 0.05) is 19.3 Å². The molecule has 0 unspecified atom stereocenters. The summed E-state index contributed by atoms with van der Waals surface area (Å²) < 4.78 is 0. The molecule has 3 nitrogen and oxygen atoms in total. The van der Waals surface area contributed by atoms with E-state index in [0.717, 1.165) is 24.4 Å². The van der Waals surface area contributed by atoms with Gasteiger partial charge in [0.2, 0.25) is 0 Å². The SMILES string of the molecule is CCc1ccc(N(C)Cc2cccc(CN)n2)cc1. The predicted molar refractivity (Wildman–Crippen MR) is 80.1 cm³/mol.